The van der Waals surface area contributed by atoms with Gasteiger partial charge in [0.25, 0.3) is 0 Å². The smallest absolute Gasteiger partial charge is 0.446 e. The van der Waals surface area contributed by atoms with E-state index in [9.17, 15) is 22.8 Å². The number of nitrogens with zero attached hydrogens (tertiary/aromatic N) is 2. The first kappa shape index (κ1) is 18.9. The van der Waals surface area contributed by atoms with Gasteiger partial charge in [-0.2, -0.15) is 13.2 Å². The number of carbonyl (C=O) groups is 2. The standard InChI is InChI=1S/C18H18F3N3O3/c1-10-15(22-11(2)27-10)12-5-7-13(8-6-12)23-16(25)14-4-3-9-24(14)17(26)18(19,20)21/h5-8,14H,3-4,9H2,1-2H3,(H,23,25). The Balaban J connectivity index is 1.71. The summed E-state index contributed by atoms with van der Waals surface area (Å²) in [7, 11) is 0. The van der Waals surface area contributed by atoms with E-state index in [0.29, 0.717) is 34.4 Å². The molecule has 0 aliphatic carbocycles. The van der Waals surface area contributed by atoms with Crippen LogP contribution in [0.4, 0.5) is 18.9 Å². The molecule has 1 aromatic heterocycles. The molecule has 2 aromatic rings. The van der Waals surface area contributed by atoms with Crippen molar-refractivity contribution in [3.63, 3.8) is 0 Å². The van der Waals surface area contributed by atoms with E-state index in [4.69, 9.17) is 4.42 Å². The monoisotopic (exact) mass is 381 g/mol. The highest BCUT2D eigenvalue weighted by Gasteiger charge is 2.47. The Hall–Kier alpha value is -2.84. The van der Waals surface area contributed by atoms with Gasteiger partial charge in [0.05, 0.1) is 0 Å². The largest absolute Gasteiger partial charge is 0.471 e. The van der Waals surface area contributed by atoms with E-state index < -0.39 is 24.0 Å². The van der Waals surface area contributed by atoms with Crippen LogP contribution in [0.1, 0.15) is 24.5 Å². The number of hydrogen-bond acceptors (Lipinski definition) is 4. The number of anilines is 1. The average molecular weight is 381 g/mol. The van der Waals surface area contributed by atoms with Gasteiger partial charge in [-0.3, -0.25) is 9.59 Å². The number of oxazole rings is 1. The summed E-state index contributed by atoms with van der Waals surface area (Å²) in [6, 6.07) is 5.59. The van der Waals surface area contributed by atoms with Gasteiger partial charge in [-0.05, 0) is 31.9 Å². The average Bonchev–Trinajstić information content (AvgIpc) is 3.20. The summed E-state index contributed by atoms with van der Waals surface area (Å²) in [5.74, 6) is -1.41. The number of benzene rings is 1. The molecule has 0 spiro atoms. The molecule has 0 radical (unpaired) electrons. The van der Waals surface area contributed by atoms with Crippen molar-refractivity contribution in [3.8, 4) is 11.3 Å². The Labute approximate surface area is 153 Å². The summed E-state index contributed by atoms with van der Waals surface area (Å²) in [5.41, 5.74) is 1.90. The van der Waals surface area contributed by atoms with E-state index >= 15 is 0 Å². The highest BCUT2D eigenvalue weighted by atomic mass is 19.4. The zero-order valence-corrected chi connectivity index (χ0v) is 14.8. The van der Waals surface area contributed by atoms with Gasteiger partial charge in [0.2, 0.25) is 5.91 Å². The second-order valence-electron chi connectivity index (χ2n) is 6.36. The molecule has 1 aliphatic rings. The third-order valence-electron chi connectivity index (χ3n) is 4.39. The Kier molecular flexibility index (Phi) is 4.95. The Morgan fingerprint density at radius 1 is 1.22 bits per heavy atom. The van der Waals surface area contributed by atoms with Crippen molar-refractivity contribution in [1.29, 1.82) is 0 Å². The number of halogens is 3. The summed E-state index contributed by atoms with van der Waals surface area (Å²) >= 11 is 0. The van der Waals surface area contributed by atoms with Gasteiger partial charge in [-0.1, -0.05) is 12.1 Å². The first-order valence-electron chi connectivity index (χ1n) is 8.40. The molecular formula is C18H18F3N3O3. The predicted molar refractivity (Wildman–Crippen MR) is 90.8 cm³/mol. The lowest BCUT2D eigenvalue weighted by atomic mass is 10.1. The van der Waals surface area contributed by atoms with E-state index in [1.807, 2.05) is 0 Å². The van der Waals surface area contributed by atoms with E-state index in [-0.39, 0.29) is 13.0 Å². The molecule has 1 saturated heterocycles. The fraction of sp³-hybridized carbons (Fsp3) is 0.389. The summed E-state index contributed by atoms with van der Waals surface area (Å²) in [4.78, 5) is 28.7. The molecule has 1 unspecified atom stereocenters. The van der Waals surface area contributed by atoms with Crippen molar-refractivity contribution in [2.24, 2.45) is 0 Å². The maximum Gasteiger partial charge on any atom is 0.471 e. The van der Waals surface area contributed by atoms with E-state index in [0.717, 1.165) is 5.56 Å². The molecule has 1 fully saturated rings. The highest BCUT2D eigenvalue weighted by Crippen LogP contribution is 2.27. The SMILES string of the molecule is Cc1nc(-c2ccc(NC(=O)C3CCCN3C(=O)C(F)(F)F)cc2)c(C)o1. The number of carbonyl (C=O) groups excluding carboxylic acids is 2. The molecule has 27 heavy (non-hydrogen) atoms. The Morgan fingerprint density at radius 2 is 1.89 bits per heavy atom. The molecule has 3 rings (SSSR count). The number of hydrogen-bond donors (Lipinski definition) is 1. The molecule has 1 aliphatic heterocycles. The van der Waals surface area contributed by atoms with E-state index in [1.54, 1.807) is 38.1 Å². The summed E-state index contributed by atoms with van der Waals surface area (Å²) < 4.78 is 43.4. The zero-order chi connectivity index (χ0) is 19.8. The molecule has 6 nitrogen and oxygen atoms in total. The van der Waals surface area contributed by atoms with Gasteiger partial charge in [-0.25, -0.2) is 4.98 Å². The number of aryl methyl sites for hydroxylation is 2. The lowest BCUT2D eigenvalue weighted by molar-refractivity contribution is -0.186. The lowest BCUT2D eigenvalue weighted by Crippen LogP contribution is -2.48. The van der Waals surface area contributed by atoms with Crippen molar-refractivity contribution in [2.75, 3.05) is 11.9 Å². The number of rotatable bonds is 3. The Bertz CT molecular complexity index is 859. The highest BCUT2D eigenvalue weighted by molar-refractivity contribution is 5.98. The molecule has 0 bridgehead atoms. The van der Waals surface area contributed by atoms with Gasteiger partial charge >= 0.3 is 12.1 Å². The fourth-order valence-electron chi connectivity index (χ4n) is 3.18. The van der Waals surface area contributed by atoms with Crippen LogP contribution in [-0.2, 0) is 9.59 Å². The van der Waals surface area contributed by atoms with Gasteiger partial charge in [0.1, 0.15) is 17.5 Å². The van der Waals surface area contributed by atoms with Crippen LogP contribution in [0.25, 0.3) is 11.3 Å². The quantitative estimate of drug-likeness (QED) is 0.884. The molecule has 1 aromatic carbocycles. The maximum atomic E-state index is 12.7. The molecule has 2 heterocycles. The third kappa shape index (κ3) is 3.96. The topological polar surface area (TPSA) is 75.4 Å². The summed E-state index contributed by atoms with van der Waals surface area (Å²) in [6.07, 6.45) is -4.44. The van der Waals surface area contributed by atoms with Crippen molar-refractivity contribution < 1.29 is 27.2 Å². The minimum Gasteiger partial charge on any atom is -0.446 e. The Morgan fingerprint density at radius 3 is 2.44 bits per heavy atom. The number of nitrogens with one attached hydrogen (secondary N) is 1. The van der Waals surface area contributed by atoms with Crippen LogP contribution in [0.3, 0.4) is 0 Å². The molecule has 1 atom stereocenters. The number of alkyl halides is 3. The third-order valence-corrected chi connectivity index (χ3v) is 4.39. The van der Waals surface area contributed by atoms with Crippen LogP contribution in [0, 0.1) is 13.8 Å². The number of likely N-dealkylation sites (tertiary alicyclic amines) is 1. The molecule has 9 heteroatoms. The minimum absolute atomic E-state index is 0.0832. The van der Waals surface area contributed by atoms with E-state index in [2.05, 4.69) is 10.3 Å². The van der Waals surface area contributed by atoms with Crippen LogP contribution in [0.15, 0.2) is 28.7 Å². The molecular weight excluding hydrogens is 363 g/mol. The van der Waals surface area contributed by atoms with Crippen molar-refractivity contribution in [1.82, 2.24) is 9.88 Å². The predicted octanol–water partition coefficient (Wildman–Crippen LogP) is 3.45. The second kappa shape index (κ2) is 7.05. The van der Waals surface area contributed by atoms with E-state index in [1.165, 1.54) is 0 Å². The lowest BCUT2D eigenvalue weighted by Gasteiger charge is -2.24. The van der Waals surface area contributed by atoms with Crippen LogP contribution >= 0.6 is 0 Å². The van der Waals surface area contributed by atoms with Crippen molar-refractivity contribution >= 4 is 17.5 Å². The van der Waals surface area contributed by atoms with Gasteiger partial charge in [0, 0.05) is 24.7 Å². The van der Waals surface area contributed by atoms with Gasteiger partial charge in [0.15, 0.2) is 5.89 Å². The first-order valence-corrected chi connectivity index (χ1v) is 8.40. The van der Waals surface area contributed by atoms with Crippen LogP contribution < -0.4 is 5.32 Å². The minimum atomic E-state index is -4.99. The van der Waals surface area contributed by atoms with Crippen molar-refractivity contribution in [2.45, 2.75) is 38.9 Å². The molecule has 144 valence electrons. The normalized spacial score (nSPS) is 17.2. The summed E-state index contributed by atoms with van der Waals surface area (Å²) in [6.45, 7) is 3.44. The van der Waals surface area contributed by atoms with Gasteiger partial charge in [-0.15, -0.1) is 0 Å². The second-order valence-corrected chi connectivity index (χ2v) is 6.36. The summed E-state index contributed by atoms with van der Waals surface area (Å²) in [5, 5.41) is 2.57. The molecule has 1 N–H and O–H groups in total. The first-order chi connectivity index (χ1) is 12.7. The number of aromatic nitrogens is 1. The van der Waals surface area contributed by atoms with Crippen LogP contribution in [0.2, 0.25) is 0 Å². The van der Waals surface area contributed by atoms with Gasteiger partial charge < -0.3 is 14.6 Å². The maximum absolute atomic E-state index is 12.7. The molecule has 2 amide bonds. The number of amides is 2. The van der Waals surface area contributed by atoms with Crippen molar-refractivity contribution in [3.05, 3.63) is 35.9 Å². The van der Waals surface area contributed by atoms with Crippen LogP contribution in [0.5, 0.6) is 0 Å². The molecule has 0 saturated carbocycles. The zero-order valence-electron chi connectivity index (χ0n) is 14.8. The van der Waals surface area contributed by atoms with Crippen LogP contribution in [-0.4, -0.2) is 40.5 Å². The fourth-order valence-corrected chi connectivity index (χ4v) is 3.18.